The van der Waals surface area contributed by atoms with E-state index in [0.717, 1.165) is 56.1 Å². The Balaban J connectivity index is 2.20. The summed E-state index contributed by atoms with van der Waals surface area (Å²) in [6.07, 6.45) is 8.40. The number of nitrogens with one attached hydrogen (secondary N) is 1. The number of unbranched alkanes of at least 4 members (excludes halogenated alkanes) is 2. The van der Waals surface area contributed by atoms with Crippen LogP contribution in [0.15, 0.2) is 17.0 Å². The Kier molecular flexibility index (Phi) is 7.11. The van der Waals surface area contributed by atoms with Gasteiger partial charge in [0.05, 0.1) is 6.61 Å². The van der Waals surface area contributed by atoms with E-state index in [1.807, 2.05) is 19.9 Å². The van der Waals surface area contributed by atoms with E-state index < -0.39 is 10.0 Å². The van der Waals surface area contributed by atoms with Gasteiger partial charge in [-0.1, -0.05) is 39.0 Å². The molecule has 1 aliphatic carbocycles. The fourth-order valence-electron chi connectivity index (χ4n) is 3.12. The van der Waals surface area contributed by atoms with Crippen LogP contribution in [-0.2, 0) is 10.0 Å². The Hall–Kier alpha value is -1.07. The minimum atomic E-state index is -3.55. The predicted octanol–water partition coefficient (Wildman–Crippen LogP) is 4.48. The maximum Gasteiger partial charge on any atom is 0.244 e. The van der Waals surface area contributed by atoms with E-state index in [1.165, 1.54) is 6.42 Å². The highest BCUT2D eigenvalue weighted by Gasteiger charge is 2.25. The van der Waals surface area contributed by atoms with Crippen LogP contribution in [0.2, 0.25) is 0 Å². The molecule has 1 aromatic carbocycles. The van der Waals surface area contributed by atoms with Crippen molar-refractivity contribution in [3.8, 4) is 5.75 Å². The summed E-state index contributed by atoms with van der Waals surface area (Å²) in [6.45, 7) is 6.62. The van der Waals surface area contributed by atoms with Crippen LogP contribution >= 0.6 is 0 Å². The molecule has 1 aliphatic rings. The van der Waals surface area contributed by atoms with E-state index in [2.05, 4.69) is 11.6 Å². The van der Waals surface area contributed by atoms with Gasteiger partial charge in [-0.25, -0.2) is 13.1 Å². The Morgan fingerprint density at radius 2 is 1.75 bits per heavy atom. The van der Waals surface area contributed by atoms with Crippen molar-refractivity contribution in [1.29, 1.82) is 0 Å². The van der Waals surface area contributed by atoms with E-state index in [0.29, 0.717) is 12.4 Å². The molecule has 1 saturated carbocycles. The highest BCUT2D eigenvalue weighted by atomic mass is 32.2. The fraction of sp³-hybridized carbons (Fsp3) is 0.684. The maximum absolute atomic E-state index is 12.9. The van der Waals surface area contributed by atoms with Crippen LogP contribution in [0.25, 0.3) is 0 Å². The van der Waals surface area contributed by atoms with Gasteiger partial charge in [0, 0.05) is 6.04 Å². The van der Waals surface area contributed by atoms with E-state index in [1.54, 1.807) is 6.07 Å². The number of hydrogen-bond donors (Lipinski definition) is 1. The number of ether oxygens (including phenoxy) is 1. The van der Waals surface area contributed by atoms with Crippen LogP contribution in [0, 0.1) is 13.8 Å². The van der Waals surface area contributed by atoms with Gasteiger partial charge in [0.15, 0.2) is 0 Å². The molecular formula is C19H31NO3S. The van der Waals surface area contributed by atoms with Crippen LogP contribution in [0.4, 0.5) is 0 Å². The summed E-state index contributed by atoms with van der Waals surface area (Å²) in [7, 11) is -3.55. The Bertz CT molecular complexity index is 634. The molecule has 0 aliphatic heterocycles. The minimum absolute atomic E-state index is 0.0540. The number of benzene rings is 1. The van der Waals surface area contributed by atoms with Gasteiger partial charge >= 0.3 is 0 Å². The molecule has 0 heterocycles. The van der Waals surface area contributed by atoms with E-state index in [4.69, 9.17) is 4.74 Å². The Morgan fingerprint density at radius 3 is 2.42 bits per heavy atom. The van der Waals surface area contributed by atoms with Gasteiger partial charge in [-0.3, -0.25) is 0 Å². The number of rotatable bonds is 8. The zero-order valence-corrected chi connectivity index (χ0v) is 16.0. The molecule has 0 saturated heterocycles. The third-order valence-electron chi connectivity index (χ3n) is 4.78. The molecule has 0 amide bonds. The Labute approximate surface area is 147 Å². The van der Waals surface area contributed by atoms with Gasteiger partial charge in [0.1, 0.15) is 10.6 Å². The first-order chi connectivity index (χ1) is 11.4. The molecule has 4 nitrogen and oxygen atoms in total. The molecule has 1 aromatic rings. The monoisotopic (exact) mass is 353 g/mol. The molecular weight excluding hydrogens is 322 g/mol. The van der Waals surface area contributed by atoms with Gasteiger partial charge in [0.2, 0.25) is 10.0 Å². The molecule has 1 N–H and O–H groups in total. The van der Waals surface area contributed by atoms with Crippen molar-refractivity contribution >= 4 is 10.0 Å². The third kappa shape index (κ3) is 5.21. The minimum Gasteiger partial charge on any atom is -0.492 e. The van der Waals surface area contributed by atoms with Crippen molar-refractivity contribution in [3.05, 3.63) is 23.3 Å². The van der Waals surface area contributed by atoms with E-state index >= 15 is 0 Å². The van der Waals surface area contributed by atoms with Gasteiger partial charge in [-0.15, -0.1) is 0 Å². The van der Waals surface area contributed by atoms with Gasteiger partial charge in [-0.05, 0) is 56.4 Å². The van der Waals surface area contributed by atoms with Crippen molar-refractivity contribution in [2.24, 2.45) is 0 Å². The molecule has 0 atom stereocenters. The second-order valence-corrected chi connectivity index (χ2v) is 8.58. The molecule has 2 rings (SSSR count). The first-order valence-electron chi connectivity index (χ1n) is 9.20. The van der Waals surface area contributed by atoms with Crippen molar-refractivity contribution in [1.82, 2.24) is 4.72 Å². The largest absolute Gasteiger partial charge is 0.492 e. The van der Waals surface area contributed by atoms with Crippen LogP contribution in [0.5, 0.6) is 5.75 Å². The highest BCUT2D eigenvalue weighted by Crippen LogP contribution is 2.29. The molecule has 1 fully saturated rings. The first kappa shape index (κ1) is 19.3. The molecule has 0 unspecified atom stereocenters. The quantitative estimate of drug-likeness (QED) is 0.701. The summed E-state index contributed by atoms with van der Waals surface area (Å²) in [5.74, 6) is 0.484. The summed E-state index contributed by atoms with van der Waals surface area (Å²) < 4.78 is 34.5. The average Bonchev–Trinajstić information content (AvgIpc) is 2.55. The van der Waals surface area contributed by atoms with Crippen LogP contribution in [0.1, 0.15) is 69.4 Å². The predicted molar refractivity (Wildman–Crippen MR) is 98.1 cm³/mol. The molecule has 0 aromatic heterocycles. The van der Waals surface area contributed by atoms with Crippen LogP contribution in [-0.4, -0.2) is 21.1 Å². The average molecular weight is 354 g/mol. The van der Waals surface area contributed by atoms with E-state index in [-0.39, 0.29) is 10.9 Å². The molecule has 0 radical (unpaired) electrons. The smallest absolute Gasteiger partial charge is 0.244 e. The molecule has 136 valence electrons. The summed E-state index contributed by atoms with van der Waals surface area (Å²) in [5, 5.41) is 0. The van der Waals surface area contributed by atoms with Crippen molar-refractivity contribution in [2.45, 2.75) is 83.1 Å². The maximum atomic E-state index is 12.9. The standard InChI is InChI=1S/C19H31NO3S/c1-4-5-9-12-23-18-13-15(2)16(3)14-19(18)24(21,22)20-17-10-7-6-8-11-17/h13-14,17,20H,4-12H2,1-3H3. The number of sulfonamides is 1. The molecule has 0 bridgehead atoms. The second-order valence-electron chi connectivity index (χ2n) is 6.89. The Morgan fingerprint density at radius 1 is 1.08 bits per heavy atom. The SMILES string of the molecule is CCCCCOc1cc(C)c(C)cc1S(=O)(=O)NC1CCCCC1. The fourth-order valence-corrected chi connectivity index (χ4v) is 4.64. The molecule has 5 heteroatoms. The van der Waals surface area contributed by atoms with Gasteiger partial charge < -0.3 is 4.74 Å². The normalized spacial score (nSPS) is 16.3. The summed E-state index contributed by atoms with van der Waals surface area (Å²) in [4.78, 5) is 0.285. The van der Waals surface area contributed by atoms with Crippen LogP contribution < -0.4 is 9.46 Å². The van der Waals surface area contributed by atoms with Gasteiger partial charge in [0.25, 0.3) is 0 Å². The van der Waals surface area contributed by atoms with Crippen LogP contribution in [0.3, 0.4) is 0 Å². The lowest BCUT2D eigenvalue weighted by Crippen LogP contribution is -2.36. The topological polar surface area (TPSA) is 55.4 Å². The lowest BCUT2D eigenvalue weighted by atomic mass is 9.96. The second kappa shape index (κ2) is 8.86. The number of aryl methyl sites for hydroxylation is 2. The summed E-state index contributed by atoms with van der Waals surface area (Å²) in [6, 6.07) is 3.66. The number of hydrogen-bond acceptors (Lipinski definition) is 3. The molecule has 24 heavy (non-hydrogen) atoms. The van der Waals surface area contributed by atoms with Crippen molar-refractivity contribution in [3.63, 3.8) is 0 Å². The first-order valence-corrected chi connectivity index (χ1v) is 10.7. The van der Waals surface area contributed by atoms with Crippen molar-refractivity contribution < 1.29 is 13.2 Å². The lowest BCUT2D eigenvalue weighted by molar-refractivity contribution is 0.298. The summed E-state index contributed by atoms with van der Waals surface area (Å²) >= 11 is 0. The molecule has 0 spiro atoms. The zero-order chi connectivity index (χ0) is 17.6. The van der Waals surface area contributed by atoms with E-state index in [9.17, 15) is 8.42 Å². The summed E-state index contributed by atoms with van der Waals surface area (Å²) in [5.41, 5.74) is 2.03. The van der Waals surface area contributed by atoms with Gasteiger partial charge in [-0.2, -0.15) is 0 Å². The highest BCUT2D eigenvalue weighted by molar-refractivity contribution is 7.89. The third-order valence-corrected chi connectivity index (χ3v) is 6.32. The van der Waals surface area contributed by atoms with Crippen molar-refractivity contribution in [2.75, 3.05) is 6.61 Å². The lowest BCUT2D eigenvalue weighted by Gasteiger charge is -2.23. The zero-order valence-electron chi connectivity index (χ0n) is 15.2.